The normalized spacial score (nSPS) is 20.8. The fourth-order valence-corrected chi connectivity index (χ4v) is 4.78. The number of piperidine rings is 1. The third-order valence-corrected chi connectivity index (χ3v) is 6.39. The highest BCUT2D eigenvalue weighted by Crippen LogP contribution is 2.28. The summed E-state index contributed by atoms with van der Waals surface area (Å²) in [5.41, 5.74) is 3.58. The van der Waals surface area contributed by atoms with Gasteiger partial charge in [0.15, 0.2) is 0 Å². The molecule has 1 amide bonds. The lowest BCUT2D eigenvalue weighted by Crippen LogP contribution is -2.56. The number of carbonyl (C=O) groups is 1. The summed E-state index contributed by atoms with van der Waals surface area (Å²) >= 11 is 0. The number of aliphatic hydroxyl groups excluding tert-OH is 1. The van der Waals surface area contributed by atoms with Crippen LogP contribution in [0.5, 0.6) is 0 Å². The Morgan fingerprint density at radius 2 is 1.90 bits per heavy atom. The number of para-hydroxylation sites is 1. The predicted molar refractivity (Wildman–Crippen MR) is 120 cm³/mol. The van der Waals surface area contributed by atoms with Crippen LogP contribution < -0.4 is 0 Å². The molecule has 3 atom stereocenters. The summed E-state index contributed by atoms with van der Waals surface area (Å²) in [5.74, 6) is -0.323. The fraction of sp³-hybridized carbons (Fsp3) is 0.400. The molecule has 1 aliphatic heterocycles. The number of aromatic nitrogens is 1. The zero-order valence-corrected chi connectivity index (χ0v) is 17.8. The van der Waals surface area contributed by atoms with E-state index in [1.54, 1.807) is 6.92 Å². The summed E-state index contributed by atoms with van der Waals surface area (Å²) in [4.78, 5) is 20.8. The molecule has 3 aromatic rings. The molecule has 2 heterocycles. The van der Waals surface area contributed by atoms with Crippen molar-refractivity contribution in [1.29, 1.82) is 0 Å². The van der Waals surface area contributed by atoms with E-state index in [9.17, 15) is 9.90 Å². The number of nitrogens with zero attached hydrogens (tertiary/aromatic N) is 2. The monoisotopic (exact) mass is 405 g/mol. The lowest BCUT2D eigenvalue weighted by Gasteiger charge is -2.43. The van der Waals surface area contributed by atoms with Crippen molar-refractivity contribution in [2.24, 2.45) is 5.92 Å². The van der Waals surface area contributed by atoms with Gasteiger partial charge >= 0.3 is 0 Å². The van der Waals surface area contributed by atoms with Gasteiger partial charge in [0.1, 0.15) is 0 Å². The van der Waals surface area contributed by atoms with Gasteiger partial charge in [-0.3, -0.25) is 9.69 Å². The van der Waals surface area contributed by atoms with Crippen molar-refractivity contribution in [3.8, 4) is 0 Å². The Morgan fingerprint density at radius 1 is 1.17 bits per heavy atom. The first-order valence-electron chi connectivity index (χ1n) is 10.8. The molecule has 158 valence electrons. The number of amides is 1. The van der Waals surface area contributed by atoms with Crippen LogP contribution in [0, 0.1) is 5.92 Å². The second kappa shape index (κ2) is 9.02. The number of likely N-dealkylation sites (tertiary alicyclic amines) is 1. The van der Waals surface area contributed by atoms with Crippen LogP contribution >= 0.6 is 0 Å². The van der Waals surface area contributed by atoms with Crippen molar-refractivity contribution >= 4 is 16.8 Å². The largest absolute Gasteiger partial charge is 0.393 e. The Bertz CT molecular complexity index is 982. The summed E-state index contributed by atoms with van der Waals surface area (Å²) in [7, 11) is 2.06. The molecule has 3 unspecified atom stereocenters. The maximum atomic E-state index is 13.3. The van der Waals surface area contributed by atoms with Crippen LogP contribution in [0.3, 0.4) is 0 Å². The van der Waals surface area contributed by atoms with Gasteiger partial charge in [-0.1, -0.05) is 48.5 Å². The standard InChI is InChI=1S/C25H31N3O2/c1-18(29)24-23(27(2)17-19-8-4-3-5-9-19)13-15-28(25(24)30)14-12-20-16-26-22-11-7-6-10-21(20)22/h3-11,16,18,23-24,26,29H,12-15,17H2,1-2H3. The third-order valence-electron chi connectivity index (χ3n) is 6.39. The maximum absolute atomic E-state index is 13.3. The Labute approximate surface area is 178 Å². The highest BCUT2D eigenvalue weighted by atomic mass is 16.3. The minimum Gasteiger partial charge on any atom is -0.393 e. The number of aliphatic hydroxyl groups is 1. The molecule has 0 aliphatic carbocycles. The van der Waals surface area contributed by atoms with Crippen molar-refractivity contribution in [3.63, 3.8) is 0 Å². The number of carbonyl (C=O) groups excluding carboxylic acids is 1. The first-order chi connectivity index (χ1) is 14.5. The van der Waals surface area contributed by atoms with E-state index in [0.29, 0.717) is 6.54 Å². The van der Waals surface area contributed by atoms with E-state index in [-0.39, 0.29) is 11.9 Å². The number of benzene rings is 2. The molecule has 0 bridgehead atoms. The smallest absolute Gasteiger partial charge is 0.229 e. The molecule has 2 aromatic carbocycles. The second-order valence-electron chi connectivity index (χ2n) is 8.46. The number of rotatable bonds is 7. The Morgan fingerprint density at radius 3 is 2.67 bits per heavy atom. The number of aromatic amines is 1. The first kappa shape index (κ1) is 20.6. The number of nitrogens with one attached hydrogen (secondary N) is 1. The maximum Gasteiger partial charge on any atom is 0.229 e. The van der Waals surface area contributed by atoms with Crippen LogP contribution in [-0.2, 0) is 17.8 Å². The number of fused-ring (bicyclic) bond motifs is 1. The molecular weight excluding hydrogens is 374 g/mol. The van der Waals surface area contributed by atoms with Gasteiger partial charge in [-0.15, -0.1) is 0 Å². The average molecular weight is 406 g/mol. The molecule has 1 fully saturated rings. The molecule has 0 radical (unpaired) electrons. The van der Waals surface area contributed by atoms with E-state index in [1.165, 1.54) is 16.5 Å². The number of hydrogen-bond acceptors (Lipinski definition) is 3. The Hall–Kier alpha value is -2.63. The van der Waals surface area contributed by atoms with Crippen molar-refractivity contribution in [3.05, 3.63) is 71.9 Å². The lowest BCUT2D eigenvalue weighted by atomic mass is 9.85. The van der Waals surface area contributed by atoms with Crippen LogP contribution in [-0.4, -0.2) is 58.1 Å². The van der Waals surface area contributed by atoms with Gasteiger partial charge in [0, 0.05) is 42.8 Å². The number of hydrogen-bond donors (Lipinski definition) is 2. The van der Waals surface area contributed by atoms with E-state index < -0.39 is 12.0 Å². The quantitative estimate of drug-likeness (QED) is 0.633. The highest BCUT2D eigenvalue weighted by molar-refractivity contribution is 5.83. The molecule has 0 saturated carbocycles. The minimum atomic E-state index is -0.670. The zero-order chi connectivity index (χ0) is 21.1. The number of H-pyrrole nitrogens is 1. The zero-order valence-electron chi connectivity index (χ0n) is 17.8. The summed E-state index contributed by atoms with van der Waals surface area (Å²) in [6.07, 6.45) is 3.06. The van der Waals surface area contributed by atoms with Crippen molar-refractivity contribution in [2.75, 3.05) is 20.1 Å². The van der Waals surface area contributed by atoms with Gasteiger partial charge in [-0.25, -0.2) is 0 Å². The van der Waals surface area contributed by atoms with Crippen molar-refractivity contribution < 1.29 is 9.90 Å². The molecule has 5 heteroatoms. The SMILES string of the molecule is CC(O)C1C(=O)N(CCc2c[nH]c3ccccc23)CCC1N(C)Cc1ccccc1. The molecule has 30 heavy (non-hydrogen) atoms. The molecule has 2 N–H and O–H groups in total. The third kappa shape index (κ3) is 4.27. The van der Waals surface area contributed by atoms with Gasteiger partial charge in [-0.05, 0) is 44.0 Å². The van der Waals surface area contributed by atoms with Crippen molar-refractivity contribution in [1.82, 2.24) is 14.8 Å². The molecular formula is C25H31N3O2. The van der Waals surface area contributed by atoms with Gasteiger partial charge in [-0.2, -0.15) is 0 Å². The molecule has 1 saturated heterocycles. The van der Waals surface area contributed by atoms with Gasteiger partial charge in [0.05, 0.1) is 12.0 Å². The van der Waals surface area contributed by atoms with Crippen molar-refractivity contribution in [2.45, 2.75) is 38.5 Å². The molecule has 1 aliphatic rings. The molecule has 0 spiro atoms. The molecule has 1 aromatic heterocycles. The van der Waals surface area contributed by atoms with Crippen LogP contribution in [0.1, 0.15) is 24.5 Å². The first-order valence-corrected chi connectivity index (χ1v) is 10.8. The Balaban J connectivity index is 1.43. The van der Waals surface area contributed by atoms with E-state index in [4.69, 9.17) is 0 Å². The average Bonchev–Trinajstić information content (AvgIpc) is 3.16. The highest BCUT2D eigenvalue weighted by Gasteiger charge is 2.41. The van der Waals surface area contributed by atoms with Gasteiger partial charge < -0.3 is 15.0 Å². The summed E-state index contributed by atoms with van der Waals surface area (Å²) < 4.78 is 0. The topological polar surface area (TPSA) is 59.6 Å². The predicted octanol–water partition coefficient (Wildman–Crippen LogP) is 3.44. The van der Waals surface area contributed by atoms with Gasteiger partial charge in [0.25, 0.3) is 0 Å². The lowest BCUT2D eigenvalue weighted by molar-refractivity contribution is -0.147. The van der Waals surface area contributed by atoms with E-state index in [1.807, 2.05) is 41.4 Å². The van der Waals surface area contributed by atoms with E-state index >= 15 is 0 Å². The van der Waals surface area contributed by atoms with Crippen LogP contribution in [0.15, 0.2) is 60.8 Å². The van der Waals surface area contributed by atoms with Crippen LogP contribution in [0.25, 0.3) is 10.9 Å². The minimum absolute atomic E-state index is 0.0436. The summed E-state index contributed by atoms with van der Waals surface area (Å²) in [5, 5.41) is 11.7. The Kier molecular flexibility index (Phi) is 6.21. The van der Waals surface area contributed by atoms with Gasteiger partial charge in [0.2, 0.25) is 5.91 Å². The van der Waals surface area contributed by atoms with Crippen LogP contribution in [0.2, 0.25) is 0 Å². The van der Waals surface area contributed by atoms with Crippen LogP contribution in [0.4, 0.5) is 0 Å². The molecule has 4 rings (SSSR count). The van der Waals surface area contributed by atoms with E-state index in [2.05, 4.69) is 41.2 Å². The summed E-state index contributed by atoms with van der Waals surface area (Å²) in [6.45, 7) is 3.93. The summed E-state index contributed by atoms with van der Waals surface area (Å²) in [6, 6.07) is 18.6. The van der Waals surface area contributed by atoms with E-state index in [0.717, 1.165) is 31.4 Å². The second-order valence-corrected chi connectivity index (χ2v) is 8.46. The fourth-order valence-electron chi connectivity index (χ4n) is 4.78. The molecule has 5 nitrogen and oxygen atoms in total.